The molecule has 1 aromatic rings. The molecular formula is C15H17F3N2O3. The Kier molecular flexibility index (Phi) is 4.82. The van der Waals surface area contributed by atoms with Crippen LogP contribution in [0.4, 0.5) is 18.9 Å². The summed E-state index contributed by atoms with van der Waals surface area (Å²) in [7, 11) is 1.60. The molecule has 1 heterocycles. The first-order valence-electron chi connectivity index (χ1n) is 7.01. The summed E-state index contributed by atoms with van der Waals surface area (Å²) < 4.78 is 41.7. The molecule has 2 amide bonds. The summed E-state index contributed by atoms with van der Waals surface area (Å²) >= 11 is 0. The maximum absolute atomic E-state index is 12.3. The van der Waals surface area contributed by atoms with E-state index in [9.17, 15) is 22.8 Å². The third-order valence-corrected chi connectivity index (χ3v) is 3.50. The van der Waals surface area contributed by atoms with E-state index in [1.54, 1.807) is 20.0 Å². The van der Waals surface area contributed by atoms with Gasteiger partial charge in [-0.1, -0.05) is 6.07 Å². The van der Waals surface area contributed by atoms with Crippen LogP contribution < -0.4 is 10.1 Å². The fourth-order valence-corrected chi connectivity index (χ4v) is 2.29. The van der Waals surface area contributed by atoms with Crippen molar-refractivity contribution < 1.29 is 27.5 Å². The molecule has 1 fully saturated rings. The number of hydrogen-bond acceptors (Lipinski definition) is 3. The zero-order valence-electron chi connectivity index (χ0n) is 12.7. The van der Waals surface area contributed by atoms with E-state index in [4.69, 9.17) is 4.74 Å². The molecule has 1 atom stereocenters. The van der Waals surface area contributed by atoms with Crippen LogP contribution in [0.1, 0.15) is 12.0 Å². The maximum Gasteiger partial charge on any atom is 0.422 e. The van der Waals surface area contributed by atoms with Gasteiger partial charge in [0.15, 0.2) is 6.61 Å². The monoisotopic (exact) mass is 330 g/mol. The van der Waals surface area contributed by atoms with Gasteiger partial charge in [0.05, 0.1) is 11.6 Å². The normalized spacial score (nSPS) is 18.2. The van der Waals surface area contributed by atoms with Crippen molar-refractivity contribution in [2.24, 2.45) is 5.92 Å². The Bertz CT molecular complexity index is 616. The van der Waals surface area contributed by atoms with Crippen LogP contribution >= 0.6 is 0 Å². The number of hydrogen-bond donors (Lipinski definition) is 1. The van der Waals surface area contributed by atoms with E-state index in [2.05, 4.69) is 5.32 Å². The standard InChI is InChI=1S/C15H17F3N2O3/c1-9-3-4-11(12(5-9)23-8-15(16,17)18)19-14(22)10-6-13(21)20(2)7-10/h3-5,10H,6-8H2,1-2H3,(H,19,22)/t10-/m1/s1. The molecule has 2 rings (SSSR count). The Balaban J connectivity index is 2.10. The fourth-order valence-electron chi connectivity index (χ4n) is 2.29. The molecule has 0 aliphatic carbocycles. The molecule has 0 radical (unpaired) electrons. The van der Waals surface area contributed by atoms with Crippen LogP contribution in [-0.2, 0) is 9.59 Å². The summed E-state index contributed by atoms with van der Waals surface area (Å²) in [4.78, 5) is 25.1. The SMILES string of the molecule is Cc1ccc(NC(=O)[C@@H]2CC(=O)N(C)C2)c(OCC(F)(F)F)c1. The number of carbonyl (C=O) groups is 2. The first-order valence-corrected chi connectivity index (χ1v) is 7.01. The molecule has 1 saturated heterocycles. The van der Waals surface area contributed by atoms with Crippen LogP contribution in [0, 0.1) is 12.8 Å². The van der Waals surface area contributed by atoms with Crippen LogP contribution in [0.15, 0.2) is 18.2 Å². The Morgan fingerprint density at radius 2 is 2.13 bits per heavy atom. The molecule has 1 aromatic carbocycles. The summed E-state index contributed by atoms with van der Waals surface area (Å²) in [5.74, 6) is -1.12. The van der Waals surface area contributed by atoms with Gasteiger partial charge < -0.3 is 15.0 Å². The van der Waals surface area contributed by atoms with Crippen LogP contribution in [0.5, 0.6) is 5.75 Å². The molecule has 126 valence electrons. The van der Waals surface area contributed by atoms with Crippen molar-refractivity contribution in [2.75, 3.05) is 25.5 Å². The summed E-state index contributed by atoms with van der Waals surface area (Å²) in [6, 6.07) is 4.56. The number of amides is 2. The van der Waals surface area contributed by atoms with E-state index < -0.39 is 24.6 Å². The van der Waals surface area contributed by atoms with Crippen LogP contribution in [0.2, 0.25) is 0 Å². The van der Waals surface area contributed by atoms with Crippen LogP contribution in [0.25, 0.3) is 0 Å². The molecule has 1 N–H and O–H groups in total. The van der Waals surface area contributed by atoms with Gasteiger partial charge in [0.2, 0.25) is 11.8 Å². The van der Waals surface area contributed by atoms with Crippen molar-refractivity contribution in [1.82, 2.24) is 4.90 Å². The smallest absolute Gasteiger partial charge is 0.422 e. The number of likely N-dealkylation sites (tertiary alicyclic amines) is 1. The molecule has 0 spiro atoms. The summed E-state index contributed by atoms with van der Waals surface area (Å²) in [6.07, 6.45) is -4.38. The molecule has 0 bridgehead atoms. The maximum atomic E-state index is 12.3. The Morgan fingerprint density at radius 3 is 2.70 bits per heavy atom. The number of alkyl halides is 3. The van der Waals surface area contributed by atoms with Gasteiger partial charge in [0, 0.05) is 20.0 Å². The second-order valence-corrected chi connectivity index (χ2v) is 5.57. The molecule has 0 aromatic heterocycles. The second kappa shape index (κ2) is 6.47. The fraction of sp³-hybridized carbons (Fsp3) is 0.467. The van der Waals surface area contributed by atoms with E-state index in [1.807, 2.05) is 0 Å². The third kappa shape index (κ3) is 4.61. The molecule has 23 heavy (non-hydrogen) atoms. The zero-order valence-corrected chi connectivity index (χ0v) is 12.7. The number of rotatable bonds is 4. The molecule has 1 aliphatic rings. The van der Waals surface area contributed by atoms with Crippen LogP contribution in [0.3, 0.4) is 0 Å². The van der Waals surface area contributed by atoms with Gasteiger partial charge in [0.1, 0.15) is 5.75 Å². The minimum Gasteiger partial charge on any atom is -0.482 e. The number of halogens is 3. The number of nitrogens with one attached hydrogen (secondary N) is 1. The van der Waals surface area contributed by atoms with Crippen molar-refractivity contribution in [3.05, 3.63) is 23.8 Å². The Hall–Kier alpha value is -2.25. The number of benzene rings is 1. The molecule has 1 aliphatic heterocycles. The summed E-state index contributed by atoms with van der Waals surface area (Å²) in [5, 5.41) is 2.55. The Labute approximate surface area is 131 Å². The highest BCUT2D eigenvalue weighted by atomic mass is 19.4. The molecule has 0 saturated carbocycles. The summed E-state index contributed by atoms with van der Waals surface area (Å²) in [5.41, 5.74) is 0.864. The molecule has 8 heteroatoms. The minimum absolute atomic E-state index is 0.0478. The highest BCUT2D eigenvalue weighted by molar-refractivity contribution is 5.98. The topological polar surface area (TPSA) is 58.6 Å². The van der Waals surface area contributed by atoms with Gasteiger partial charge in [-0.25, -0.2) is 0 Å². The molecular weight excluding hydrogens is 313 g/mol. The number of nitrogens with zero attached hydrogens (tertiary/aromatic N) is 1. The zero-order chi connectivity index (χ0) is 17.2. The van der Waals surface area contributed by atoms with E-state index in [0.717, 1.165) is 0 Å². The lowest BCUT2D eigenvalue weighted by molar-refractivity contribution is -0.153. The predicted molar refractivity (Wildman–Crippen MR) is 77.1 cm³/mol. The predicted octanol–water partition coefficient (Wildman–Crippen LogP) is 2.35. The third-order valence-electron chi connectivity index (χ3n) is 3.50. The van der Waals surface area contributed by atoms with Gasteiger partial charge in [-0.2, -0.15) is 13.2 Å². The van der Waals surface area contributed by atoms with Crippen molar-refractivity contribution in [2.45, 2.75) is 19.5 Å². The largest absolute Gasteiger partial charge is 0.482 e. The van der Waals surface area contributed by atoms with Crippen molar-refractivity contribution in [3.8, 4) is 5.75 Å². The number of anilines is 1. The highest BCUT2D eigenvalue weighted by Crippen LogP contribution is 2.29. The van der Waals surface area contributed by atoms with Gasteiger partial charge in [0.25, 0.3) is 0 Å². The van der Waals surface area contributed by atoms with E-state index in [-0.39, 0.29) is 30.3 Å². The lowest BCUT2D eigenvalue weighted by Gasteiger charge is -2.16. The number of aryl methyl sites for hydroxylation is 1. The molecule has 5 nitrogen and oxygen atoms in total. The van der Waals surface area contributed by atoms with E-state index >= 15 is 0 Å². The number of carbonyl (C=O) groups excluding carboxylic acids is 2. The minimum atomic E-state index is -4.47. The van der Waals surface area contributed by atoms with Crippen LogP contribution in [-0.4, -0.2) is 43.1 Å². The quantitative estimate of drug-likeness (QED) is 0.922. The van der Waals surface area contributed by atoms with E-state index in [1.165, 1.54) is 17.0 Å². The highest BCUT2D eigenvalue weighted by Gasteiger charge is 2.33. The summed E-state index contributed by atoms with van der Waals surface area (Å²) in [6.45, 7) is 0.551. The average molecular weight is 330 g/mol. The average Bonchev–Trinajstić information content (AvgIpc) is 2.78. The molecule has 0 unspecified atom stereocenters. The second-order valence-electron chi connectivity index (χ2n) is 5.57. The lowest BCUT2D eigenvalue weighted by atomic mass is 10.1. The Morgan fingerprint density at radius 1 is 1.43 bits per heavy atom. The first-order chi connectivity index (χ1) is 10.7. The van der Waals surface area contributed by atoms with Crippen molar-refractivity contribution in [1.29, 1.82) is 0 Å². The lowest BCUT2D eigenvalue weighted by Crippen LogP contribution is -2.26. The first kappa shape index (κ1) is 17.1. The van der Waals surface area contributed by atoms with Crippen molar-refractivity contribution in [3.63, 3.8) is 0 Å². The van der Waals surface area contributed by atoms with Gasteiger partial charge >= 0.3 is 6.18 Å². The van der Waals surface area contributed by atoms with Crippen molar-refractivity contribution >= 4 is 17.5 Å². The number of ether oxygens (including phenoxy) is 1. The van der Waals surface area contributed by atoms with Gasteiger partial charge in [-0.05, 0) is 24.6 Å². The van der Waals surface area contributed by atoms with Gasteiger partial charge in [-0.3, -0.25) is 9.59 Å². The van der Waals surface area contributed by atoms with E-state index in [0.29, 0.717) is 5.56 Å². The van der Waals surface area contributed by atoms with Gasteiger partial charge in [-0.15, -0.1) is 0 Å².